The highest BCUT2D eigenvalue weighted by Crippen LogP contribution is 2.14. The topological polar surface area (TPSA) is 52.3 Å². The van der Waals surface area contributed by atoms with Gasteiger partial charge in [-0.3, -0.25) is 0 Å². The van der Waals surface area contributed by atoms with Gasteiger partial charge in [-0.2, -0.15) is 0 Å². The second-order valence-corrected chi connectivity index (χ2v) is 3.85. The molecule has 1 aromatic carbocycles. The van der Waals surface area contributed by atoms with Gasteiger partial charge < -0.3 is 10.5 Å². The zero-order valence-electron chi connectivity index (χ0n) is 8.86. The average molecular weight is 240 g/mol. The number of rotatable bonds is 5. The summed E-state index contributed by atoms with van der Waals surface area (Å²) < 4.78 is 4.96. The number of carbonyl (C=O) groups is 1. The Kier molecular flexibility index (Phi) is 4.86. The van der Waals surface area contributed by atoms with E-state index in [1.807, 2.05) is 18.2 Å². The number of hydrogen-bond acceptors (Lipinski definition) is 2. The summed E-state index contributed by atoms with van der Waals surface area (Å²) in [6.45, 7) is 3.61. The molecule has 3 nitrogen and oxygen atoms in total. The Morgan fingerprint density at radius 1 is 1.62 bits per heavy atom. The van der Waals surface area contributed by atoms with E-state index in [1.54, 1.807) is 12.1 Å². The number of primary amides is 1. The van der Waals surface area contributed by atoms with E-state index in [4.69, 9.17) is 22.1 Å². The number of nitrogens with two attached hydrogens (primary N) is 1. The van der Waals surface area contributed by atoms with Crippen LogP contribution >= 0.6 is 11.6 Å². The molecule has 0 aliphatic rings. The molecule has 1 amide bonds. The van der Waals surface area contributed by atoms with Gasteiger partial charge in [0, 0.05) is 17.9 Å². The normalized spacial score (nSPS) is 11.8. The number of amides is 1. The fourth-order valence-electron chi connectivity index (χ4n) is 1.45. The van der Waals surface area contributed by atoms with E-state index in [2.05, 4.69) is 6.58 Å². The van der Waals surface area contributed by atoms with Gasteiger partial charge in [-0.25, -0.2) is 4.79 Å². The van der Waals surface area contributed by atoms with E-state index in [0.717, 1.165) is 5.56 Å². The fourth-order valence-corrected chi connectivity index (χ4v) is 1.66. The maximum Gasteiger partial charge on any atom is 0.404 e. The van der Waals surface area contributed by atoms with Gasteiger partial charge in [0.1, 0.15) is 6.10 Å². The largest absolute Gasteiger partial charge is 0.446 e. The Hall–Kier alpha value is -1.48. The Labute approximate surface area is 99.8 Å². The monoisotopic (exact) mass is 239 g/mol. The molecule has 16 heavy (non-hydrogen) atoms. The van der Waals surface area contributed by atoms with E-state index in [-0.39, 0.29) is 6.10 Å². The Bertz CT molecular complexity index is 379. The molecule has 4 heteroatoms. The standard InChI is InChI=1S/C12H14ClNO2/c1-2-4-11(16-12(14)15)8-9-5-3-6-10(13)7-9/h2-3,5-7,11H,1,4,8H2,(H2,14,15). The van der Waals surface area contributed by atoms with Gasteiger partial charge in [0.15, 0.2) is 0 Å². The second kappa shape index (κ2) is 6.18. The van der Waals surface area contributed by atoms with E-state index >= 15 is 0 Å². The van der Waals surface area contributed by atoms with Crippen LogP contribution in [-0.2, 0) is 11.2 Å². The average Bonchev–Trinajstić information content (AvgIpc) is 2.16. The smallest absolute Gasteiger partial charge is 0.404 e. The maximum atomic E-state index is 10.7. The molecular formula is C12H14ClNO2. The van der Waals surface area contributed by atoms with Crippen LogP contribution in [0.3, 0.4) is 0 Å². The first-order valence-electron chi connectivity index (χ1n) is 4.93. The van der Waals surface area contributed by atoms with Crippen molar-refractivity contribution in [2.75, 3.05) is 0 Å². The highest BCUT2D eigenvalue weighted by atomic mass is 35.5. The summed E-state index contributed by atoms with van der Waals surface area (Å²) in [4.78, 5) is 10.7. The van der Waals surface area contributed by atoms with Crippen molar-refractivity contribution in [3.05, 3.63) is 47.5 Å². The molecule has 2 N–H and O–H groups in total. The number of hydrogen-bond donors (Lipinski definition) is 1. The van der Waals surface area contributed by atoms with Crippen molar-refractivity contribution in [3.63, 3.8) is 0 Å². The van der Waals surface area contributed by atoms with Crippen molar-refractivity contribution in [2.24, 2.45) is 5.73 Å². The molecule has 0 aliphatic heterocycles. The highest BCUT2D eigenvalue weighted by molar-refractivity contribution is 6.30. The van der Waals surface area contributed by atoms with Gasteiger partial charge in [0.25, 0.3) is 0 Å². The number of benzene rings is 1. The SMILES string of the molecule is C=CCC(Cc1cccc(Cl)c1)OC(N)=O. The molecule has 0 heterocycles. The van der Waals surface area contributed by atoms with Crippen LogP contribution in [0.1, 0.15) is 12.0 Å². The summed E-state index contributed by atoms with van der Waals surface area (Å²) in [5.74, 6) is 0. The minimum Gasteiger partial charge on any atom is -0.446 e. The number of ether oxygens (including phenoxy) is 1. The first-order valence-corrected chi connectivity index (χ1v) is 5.31. The fraction of sp³-hybridized carbons (Fsp3) is 0.250. The van der Waals surface area contributed by atoms with E-state index < -0.39 is 6.09 Å². The van der Waals surface area contributed by atoms with Crippen molar-refractivity contribution >= 4 is 17.7 Å². The van der Waals surface area contributed by atoms with Crippen LogP contribution in [0, 0.1) is 0 Å². The lowest BCUT2D eigenvalue weighted by atomic mass is 10.1. The lowest BCUT2D eigenvalue weighted by Crippen LogP contribution is -2.24. The Morgan fingerprint density at radius 2 is 2.38 bits per heavy atom. The predicted molar refractivity (Wildman–Crippen MR) is 64.4 cm³/mol. The summed E-state index contributed by atoms with van der Waals surface area (Å²) in [5.41, 5.74) is 5.99. The molecule has 1 unspecified atom stereocenters. The lowest BCUT2D eigenvalue weighted by Gasteiger charge is -2.14. The van der Waals surface area contributed by atoms with E-state index in [1.165, 1.54) is 0 Å². The van der Waals surface area contributed by atoms with Crippen molar-refractivity contribution in [1.82, 2.24) is 0 Å². The third-order valence-electron chi connectivity index (χ3n) is 2.06. The van der Waals surface area contributed by atoms with E-state index in [0.29, 0.717) is 17.9 Å². The van der Waals surface area contributed by atoms with Crippen LogP contribution in [0.4, 0.5) is 4.79 Å². The van der Waals surface area contributed by atoms with Crippen LogP contribution < -0.4 is 5.73 Å². The van der Waals surface area contributed by atoms with Gasteiger partial charge >= 0.3 is 6.09 Å². The minimum atomic E-state index is -0.770. The molecule has 1 rings (SSSR count). The summed E-state index contributed by atoms with van der Waals surface area (Å²) >= 11 is 5.86. The van der Waals surface area contributed by atoms with Crippen molar-refractivity contribution < 1.29 is 9.53 Å². The summed E-state index contributed by atoms with van der Waals surface area (Å²) in [6, 6.07) is 7.41. The molecule has 0 bridgehead atoms. The van der Waals surface area contributed by atoms with Gasteiger partial charge in [-0.1, -0.05) is 29.8 Å². The van der Waals surface area contributed by atoms with Crippen LogP contribution in [0.2, 0.25) is 5.02 Å². The third-order valence-corrected chi connectivity index (χ3v) is 2.30. The summed E-state index contributed by atoms with van der Waals surface area (Å²) in [5, 5.41) is 0.661. The molecule has 0 saturated carbocycles. The molecule has 1 aromatic rings. The van der Waals surface area contributed by atoms with Gasteiger partial charge in [-0.05, 0) is 17.7 Å². The molecule has 86 valence electrons. The van der Waals surface area contributed by atoms with Crippen LogP contribution in [-0.4, -0.2) is 12.2 Å². The third kappa shape index (κ3) is 4.36. The second-order valence-electron chi connectivity index (χ2n) is 3.42. The number of carbonyl (C=O) groups excluding carboxylic acids is 1. The zero-order valence-corrected chi connectivity index (χ0v) is 9.61. The molecule has 0 radical (unpaired) electrons. The Morgan fingerprint density at radius 3 is 2.94 bits per heavy atom. The van der Waals surface area contributed by atoms with Crippen molar-refractivity contribution in [3.8, 4) is 0 Å². The summed E-state index contributed by atoms with van der Waals surface area (Å²) in [6.07, 6.45) is 1.78. The molecule has 0 fully saturated rings. The lowest BCUT2D eigenvalue weighted by molar-refractivity contribution is 0.108. The molecule has 0 saturated heterocycles. The van der Waals surface area contributed by atoms with Crippen LogP contribution in [0.25, 0.3) is 0 Å². The van der Waals surface area contributed by atoms with E-state index in [9.17, 15) is 4.79 Å². The minimum absolute atomic E-state index is 0.284. The predicted octanol–water partition coefficient (Wildman–Crippen LogP) is 2.92. The van der Waals surface area contributed by atoms with Gasteiger partial charge in [0.2, 0.25) is 0 Å². The molecule has 0 aromatic heterocycles. The quantitative estimate of drug-likeness (QED) is 0.804. The summed E-state index contributed by atoms with van der Waals surface area (Å²) in [7, 11) is 0. The first kappa shape index (κ1) is 12.6. The van der Waals surface area contributed by atoms with Crippen molar-refractivity contribution in [1.29, 1.82) is 0 Å². The van der Waals surface area contributed by atoms with Crippen LogP contribution in [0.15, 0.2) is 36.9 Å². The highest BCUT2D eigenvalue weighted by Gasteiger charge is 2.11. The van der Waals surface area contributed by atoms with Crippen molar-refractivity contribution in [2.45, 2.75) is 18.9 Å². The molecule has 0 aliphatic carbocycles. The number of halogens is 1. The first-order chi connectivity index (χ1) is 7.61. The molecular weight excluding hydrogens is 226 g/mol. The van der Waals surface area contributed by atoms with Gasteiger partial charge in [0.05, 0.1) is 0 Å². The van der Waals surface area contributed by atoms with Crippen LogP contribution in [0.5, 0.6) is 0 Å². The molecule has 1 atom stereocenters. The van der Waals surface area contributed by atoms with Gasteiger partial charge in [-0.15, -0.1) is 6.58 Å². The maximum absolute atomic E-state index is 10.7. The molecule has 0 spiro atoms. The zero-order chi connectivity index (χ0) is 12.0. The Balaban J connectivity index is 2.66.